The first-order valence-corrected chi connectivity index (χ1v) is 7.01. The highest BCUT2D eigenvalue weighted by Gasteiger charge is 2.42. The summed E-state index contributed by atoms with van der Waals surface area (Å²) in [6, 6.07) is 2.52. The van der Waals surface area contributed by atoms with Gasteiger partial charge in [-0.05, 0) is 25.0 Å². The molecule has 0 saturated carbocycles. The van der Waals surface area contributed by atoms with Gasteiger partial charge in [-0.25, -0.2) is 8.78 Å². The van der Waals surface area contributed by atoms with Crippen LogP contribution < -0.4 is 10.6 Å². The molecule has 0 spiro atoms. The number of anilines is 2. The first kappa shape index (κ1) is 14.1. The number of benzene rings is 1. The van der Waals surface area contributed by atoms with Crippen LogP contribution in [0.15, 0.2) is 12.1 Å². The van der Waals surface area contributed by atoms with E-state index < -0.39 is 11.6 Å². The lowest BCUT2D eigenvalue weighted by atomic mass is 9.72. The Labute approximate surface area is 113 Å². The molecule has 0 bridgehead atoms. The van der Waals surface area contributed by atoms with Gasteiger partial charge in [0.25, 0.3) is 0 Å². The van der Waals surface area contributed by atoms with Crippen molar-refractivity contribution in [3.63, 3.8) is 0 Å². The third-order valence-corrected chi connectivity index (χ3v) is 4.03. The van der Waals surface area contributed by atoms with Crippen LogP contribution in [0.1, 0.15) is 39.5 Å². The van der Waals surface area contributed by atoms with Crippen molar-refractivity contribution >= 4 is 11.4 Å². The van der Waals surface area contributed by atoms with Crippen molar-refractivity contribution in [3.8, 4) is 0 Å². The number of halogens is 2. The van der Waals surface area contributed by atoms with E-state index in [9.17, 15) is 8.78 Å². The standard InChI is InChI=1S/C15H22F2N2/c1-3-7-15(8-4-2)9-19(10-15)14-12(18)6-5-11(16)13(14)17/h5-6H,3-4,7-10,18H2,1-2H3. The summed E-state index contributed by atoms with van der Waals surface area (Å²) < 4.78 is 27.2. The molecule has 1 fully saturated rings. The molecule has 2 N–H and O–H groups in total. The van der Waals surface area contributed by atoms with E-state index in [1.165, 1.54) is 6.07 Å². The predicted octanol–water partition coefficient (Wildman–Crippen LogP) is 3.95. The smallest absolute Gasteiger partial charge is 0.184 e. The fourth-order valence-corrected chi connectivity index (χ4v) is 3.30. The molecular weight excluding hydrogens is 246 g/mol. The van der Waals surface area contributed by atoms with E-state index in [4.69, 9.17) is 5.73 Å². The largest absolute Gasteiger partial charge is 0.397 e. The number of rotatable bonds is 5. The van der Waals surface area contributed by atoms with Crippen LogP contribution in [-0.4, -0.2) is 13.1 Å². The van der Waals surface area contributed by atoms with Crippen molar-refractivity contribution in [3.05, 3.63) is 23.8 Å². The number of hydrogen-bond donors (Lipinski definition) is 1. The normalized spacial score (nSPS) is 17.4. The zero-order valence-electron chi connectivity index (χ0n) is 11.7. The van der Waals surface area contributed by atoms with E-state index >= 15 is 0 Å². The molecule has 1 aromatic rings. The zero-order chi connectivity index (χ0) is 14.0. The molecule has 1 heterocycles. The predicted molar refractivity (Wildman–Crippen MR) is 75.2 cm³/mol. The second-order valence-corrected chi connectivity index (χ2v) is 5.66. The Morgan fingerprint density at radius 3 is 2.26 bits per heavy atom. The summed E-state index contributed by atoms with van der Waals surface area (Å²) in [5.74, 6) is -1.64. The van der Waals surface area contributed by atoms with E-state index in [1.54, 1.807) is 0 Å². The fourth-order valence-electron chi connectivity index (χ4n) is 3.30. The average molecular weight is 268 g/mol. The molecule has 0 unspecified atom stereocenters. The summed E-state index contributed by atoms with van der Waals surface area (Å²) in [5.41, 5.74) is 6.61. The Morgan fingerprint density at radius 2 is 1.74 bits per heavy atom. The fraction of sp³-hybridized carbons (Fsp3) is 0.600. The van der Waals surface area contributed by atoms with Gasteiger partial charge in [-0.3, -0.25) is 0 Å². The maximum atomic E-state index is 13.9. The summed E-state index contributed by atoms with van der Waals surface area (Å²) in [6.07, 6.45) is 4.51. The van der Waals surface area contributed by atoms with Gasteiger partial charge in [-0.15, -0.1) is 0 Å². The second kappa shape index (κ2) is 5.35. The molecule has 2 nitrogen and oxygen atoms in total. The maximum Gasteiger partial charge on any atom is 0.184 e. The van der Waals surface area contributed by atoms with Gasteiger partial charge in [-0.2, -0.15) is 0 Å². The molecule has 1 aromatic carbocycles. The third kappa shape index (κ3) is 2.53. The minimum atomic E-state index is -0.826. The third-order valence-electron chi connectivity index (χ3n) is 4.03. The van der Waals surface area contributed by atoms with Crippen molar-refractivity contribution in [2.45, 2.75) is 39.5 Å². The molecule has 2 rings (SSSR count). The molecule has 19 heavy (non-hydrogen) atoms. The summed E-state index contributed by atoms with van der Waals surface area (Å²) in [7, 11) is 0. The van der Waals surface area contributed by atoms with Crippen LogP contribution in [0.3, 0.4) is 0 Å². The van der Waals surface area contributed by atoms with E-state index in [-0.39, 0.29) is 11.1 Å². The molecule has 0 radical (unpaired) electrons. The summed E-state index contributed by atoms with van der Waals surface area (Å²) in [4.78, 5) is 1.87. The summed E-state index contributed by atoms with van der Waals surface area (Å²) in [5, 5.41) is 0. The first-order chi connectivity index (χ1) is 9.03. The van der Waals surface area contributed by atoms with Crippen molar-refractivity contribution < 1.29 is 8.78 Å². The molecule has 4 heteroatoms. The van der Waals surface area contributed by atoms with Gasteiger partial charge in [0.1, 0.15) is 0 Å². The van der Waals surface area contributed by atoms with Crippen LogP contribution in [0, 0.1) is 17.0 Å². The topological polar surface area (TPSA) is 29.3 Å². The zero-order valence-corrected chi connectivity index (χ0v) is 11.7. The highest BCUT2D eigenvalue weighted by molar-refractivity contribution is 5.69. The molecule has 1 aliphatic heterocycles. The van der Waals surface area contributed by atoms with Crippen molar-refractivity contribution in [2.24, 2.45) is 5.41 Å². The van der Waals surface area contributed by atoms with Crippen LogP contribution in [0.2, 0.25) is 0 Å². The second-order valence-electron chi connectivity index (χ2n) is 5.66. The highest BCUT2D eigenvalue weighted by Crippen LogP contribution is 2.44. The molecule has 1 saturated heterocycles. The van der Waals surface area contributed by atoms with Gasteiger partial charge >= 0.3 is 0 Å². The Hall–Kier alpha value is -1.32. The SMILES string of the molecule is CCCC1(CCC)CN(c2c(N)ccc(F)c2F)C1. The molecule has 0 aromatic heterocycles. The summed E-state index contributed by atoms with van der Waals surface area (Å²) in [6.45, 7) is 5.88. The van der Waals surface area contributed by atoms with Gasteiger partial charge in [-0.1, -0.05) is 26.7 Å². The van der Waals surface area contributed by atoms with Crippen molar-refractivity contribution in [1.29, 1.82) is 0 Å². The Morgan fingerprint density at radius 1 is 1.16 bits per heavy atom. The van der Waals surface area contributed by atoms with Gasteiger partial charge < -0.3 is 10.6 Å². The van der Waals surface area contributed by atoms with Gasteiger partial charge in [0.15, 0.2) is 11.6 Å². The molecule has 0 aliphatic carbocycles. The first-order valence-electron chi connectivity index (χ1n) is 7.01. The van der Waals surface area contributed by atoms with Gasteiger partial charge in [0.2, 0.25) is 0 Å². The Kier molecular flexibility index (Phi) is 3.97. The number of nitrogens with zero attached hydrogens (tertiary/aromatic N) is 1. The number of nitrogens with two attached hydrogens (primary N) is 1. The molecule has 106 valence electrons. The lowest BCUT2D eigenvalue weighted by Gasteiger charge is -2.52. The van der Waals surface area contributed by atoms with Crippen LogP contribution in [0.4, 0.5) is 20.2 Å². The van der Waals surface area contributed by atoms with E-state index in [2.05, 4.69) is 13.8 Å². The molecule has 1 aliphatic rings. The van der Waals surface area contributed by atoms with Gasteiger partial charge in [0.05, 0.1) is 11.4 Å². The van der Waals surface area contributed by atoms with E-state index in [0.717, 1.165) is 44.8 Å². The van der Waals surface area contributed by atoms with E-state index in [0.29, 0.717) is 5.69 Å². The van der Waals surface area contributed by atoms with Crippen LogP contribution in [-0.2, 0) is 0 Å². The minimum Gasteiger partial charge on any atom is -0.397 e. The Bertz CT molecular complexity index is 446. The van der Waals surface area contributed by atoms with E-state index in [1.807, 2.05) is 4.90 Å². The molecular formula is C15H22F2N2. The quantitative estimate of drug-likeness (QED) is 0.819. The lowest BCUT2D eigenvalue weighted by Crippen LogP contribution is -2.56. The molecule has 0 atom stereocenters. The maximum absolute atomic E-state index is 13.9. The van der Waals surface area contributed by atoms with Gasteiger partial charge in [0, 0.05) is 18.5 Å². The average Bonchev–Trinajstić information content (AvgIpc) is 2.32. The monoisotopic (exact) mass is 268 g/mol. The van der Waals surface area contributed by atoms with Crippen molar-refractivity contribution in [1.82, 2.24) is 0 Å². The van der Waals surface area contributed by atoms with Crippen LogP contribution in [0.5, 0.6) is 0 Å². The number of hydrogen-bond acceptors (Lipinski definition) is 2. The lowest BCUT2D eigenvalue weighted by molar-refractivity contribution is 0.172. The highest BCUT2D eigenvalue weighted by atomic mass is 19.2. The Balaban J connectivity index is 2.17. The number of nitrogen functional groups attached to an aromatic ring is 1. The summed E-state index contributed by atoms with van der Waals surface area (Å²) >= 11 is 0. The van der Waals surface area contributed by atoms with Crippen molar-refractivity contribution in [2.75, 3.05) is 23.7 Å². The van der Waals surface area contributed by atoms with Crippen LogP contribution in [0.25, 0.3) is 0 Å². The van der Waals surface area contributed by atoms with Crippen LogP contribution >= 0.6 is 0 Å². The molecule has 0 amide bonds. The minimum absolute atomic E-state index is 0.239.